The minimum Gasteiger partial charge on any atom is -0.390 e. The lowest BCUT2D eigenvalue weighted by molar-refractivity contribution is 0.0251. The average molecular weight is 309 g/mol. The van der Waals surface area contributed by atoms with E-state index in [0.29, 0.717) is 0 Å². The second-order valence-corrected chi connectivity index (χ2v) is 6.21. The van der Waals surface area contributed by atoms with Crippen molar-refractivity contribution in [2.75, 3.05) is 7.05 Å². The molecule has 0 aliphatic heterocycles. The monoisotopic (exact) mass is 309 g/mol. The van der Waals surface area contributed by atoms with Crippen LogP contribution < -0.4 is 0 Å². The van der Waals surface area contributed by atoms with Gasteiger partial charge in [0, 0.05) is 19.5 Å². The molecule has 0 amide bonds. The predicted octanol–water partition coefficient (Wildman–Crippen LogP) is 4.56. The smallest absolute Gasteiger partial charge is 0.0651 e. The van der Waals surface area contributed by atoms with Crippen LogP contribution in [0.3, 0.4) is 0 Å². The zero-order chi connectivity index (χ0) is 16.7. The maximum absolute atomic E-state index is 10.3. The first kappa shape index (κ1) is 17.4. The summed E-state index contributed by atoms with van der Waals surface area (Å²) < 4.78 is 0. The topological polar surface area (TPSA) is 23.5 Å². The van der Waals surface area contributed by atoms with Crippen LogP contribution in [0.15, 0.2) is 42.5 Å². The summed E-state index contributed by atoms with van der Waals surface area (Å²) in [6.45, 7) is 4.87. The van der Waals surface area contributed by atoms with E-state index in [1.807, 2.05) is 25.8 Å². The van der Waals surface area contributed by atoms with E-state index in [4.69, 9.17) is 0 Å². The summed E-state index contributed by atoms with van der Waals surface area (Å²) in [7, 11) is 2.01. The van der Waals surface area contributed by atoms with Crippen molar-refractivity contribution in [3.8, 4) is 12.0 Å². The third-order valence-electron chi connectivity index (χ3n) is 4.59. The average Bonchev–Trinajstić information content (AvgIpc) is 2.59. The summed E-state index contributed by atoms with van der Waals surface area (Å²) in [5.41, 5.74) is 0.738. The van der Waals surface area contributed by atoms with Crippen molar-refractivity contribution in [2.24, 2.45) is 0 Å². The highest BCUT2D eigenvalue weighted by Crippen LogP contribution is 2.21. The molecule has 0 spiro atoms. The van der Waals surface area contributed by atoms with Crippen molar-refractivity contribution >= 4 is 10.8 Å². The molecule has 0 atom stereocenters. The third-order valence-corrected chi connectivity index (χ3v) is 4.59. The van der Waals surface area contributed by atoms with Crippen molar-refractivity contribution in [3.05, 3.63) is 48.0 Å². The fourth-order valence-electron chi connectivity index (χ4n) is 2.82. The summed E-state index contributed by atoms with van der Waals surface area (Å²) in [6, 6.07) is 18.0. The minimum absolute atomic E-state index is 0.553. The highest BCUT2D eigenvalue weighted by Gasteiger charge is 2.20. The Labute approximate surface area is 140 Å². The lowest BCUT2D eigenvalue weighted by Crippen LogP contribution is -2.26. The summed E-state index contributed by atoms with van der Waals surface area (Å²) in [5.74, 6) is 3.19. The van der Waals surface area contributed by atoms with E-state index < -0.39 is 5.60 Å². The van der Waals surface area contributed by atoms with Gasteiger partial charge in [0.15, 0.2) is 0 Å². The van der Waals surface area contributed by atoms with Gasteiger partial charge in [-0.05, 0) is 35.6 Å². The van der Waals surface area contributed by atoms with E-state index in [0.717, 1.165) is 32.2 Å². The maximum Gasteiger partial charge on any atom is 0.0651 e. The first-order valence-corrected chi connectivity index (χ1v) is 8.46. The molecule has 0 fully saturated rings. The van der Waals surface area contributed by atoms with Crippen molar-refractivity contribution < 1.29 is 5.11 Å². The lowest BCUT2D eigenvalue weighted by atomic mass is 9.92. The normalized spacial score (nSPS) is 11.1. The molecule has 0 heterocycles. The van der Waals surface area contributed by atoms with Gasteiger partial charge in [-0.1, -0.05) is 62.2 Å². The van der Waals surface area contributed by atoms with Gasteiger partial charge in [-0.25, -0.2) is 0 Å². The van der Waals surface area contributed by atoms with Crippen molar-refractivity contribution in [3.63, 3.8) is 0 Å². The number of hydrogen-bond acceptors (Lipinski definition) is 2. The van der Waals surface area contributed by atoms with Gasteiger partial charge in [0.25, 0.3) is 0 Å². The first-order valence-electron chi connectivity index (χ1n) is 8.46. The van der Waals surface area contributed by atoms with Gasteiger partial charge in [0.1, 0.15) is 0 Å². The van der Waals surface area contributed by atoms with E-state index in [1.165, 1.54) is 16.3 Å². The third kappa shape index (κ3) is 4.74. The number of hydrogen-bond donors (Lipinski definition) is 1. The molecule has 0 aromatic heterocycles. The van der Waals surface area contributed by atoms with Crippen LogP contribution in [-0.4, -0.2) is 22.7 Å². The SMILES string of the molecule is CCC(O)(CC)CCC#CN(C)Cc1cccc2ccccc12. The van der Waals surface area contributed by atoms with Crippen LogP contribution in [0.2, 0.25) is 0 Å². The molecular weight excluding hydrogens is 282 g/mol. The number of nitrogens with zero attached hydrogens (tertiary/aromatic N) is 1. The first-order chi connectivity index (χ1) is 11.1. The molecule has 0 bridgehead atoms. The fraction of sp³-hybridized carbons (Fsp3) is 0.429. The number of benzene rings is 2. The Morgan fingerprint density at radius 3 is 2.48 bits per heavy atom. The fourth-order valence-corrected chi connectivity index (χ4v) is 2.82. The molecule has 0 saturated heterocycles. The summed E-state index contributed by atoms with van der Waals surface area (Å²) in [6.07, 6.45) is 3.06. The minimum atomic E-state index is -0.553. The predicted molar refractivity (Wildman–Crippen MR) is 98.0 cm³/mol. The van der Waals surface area contributed by atoms with Crippen LogP contribution >= 0.6 is 0 Å². The zero-order valence-electron chi connectivity index (χ0n) is 14.5. The molecule has 0 unspecified atom stereocenters. The Kier molecular flexibility index (Phi) is 6.07. The standard InChI is InChI=1S/C21H27NO/c1-4-21(23,5-2)15-8-9-16-22(3)17-19-13-10-12-18-11-6-7-14-20(18)19/h6-7,10-14,23H,4-5,8,15,17H2,1-3H3. The molecular formula is C21H27NO. The van der Waals surface area contributed by atoms with Gasteiger partial charge < -0.3 is 10.0 Å². The zero-order valence-corrected chi connectivity index (χ0v) is 14.5. The molecule has 23 heavy (non-hydrogen) atoms. The molecule has 2 heteroatoms. The van der Waals surface area contributed by atoms with Crippen LogP contribution in [0.4, 0.5) is 0 Å². The van der Waals surface area contributed by atoms with Gasteiger partial charge in [-0.2, -0.15) is 0 Å². The number of rotatable bonds is 6. The highest BCUT2D eigenvalue weighted by molar-refractivity contribution is 5.85. The largest absolute Gasteiger partial charge is 0.390 e. The van der Waals surface area contributed by atoms with Crippen LogP contribution in [0.1, 0.15) is 45.1 Å². The molecule has 0 radical (unpaired) electrons. The maximum atomic E-state index is 10.3. The van der Waals surface area contributed by atoms with Gasteiger partial charge >= 0.3 is 0 Å². The second-order valence-electron chi connectivity index (χ2n) is 6.21. The molecule has 1 N–H and O–H groups in total. The molecule has 0 aliphatic carbocycles. The molecule has 2 aromatic carbocycles. The lowest BCUT2D eigenvalue weighted by Gasteiger charge is -2.23. The summed E-state index contributed by atoms with van der Waals surface area (Å²) in [5, 5.41) is 12.8. The Morgan fingerprint density at radius 2 is 1.74 bits per heavy atom. The van der Waals surface area contributed by atoms with E-state index in [2.05, 4.69) is 54.4 Å². The van der Waals surface area contributed by atoms with Crippen molar-refractivity contribution in [1.82, 2.24) is 4.90 Å². The van der Waals surface area contributed by atoms with Gasteiger partial charge in [0.2, 0.25) is 0 Å². The van der Waals surface area contributed by atoms with E-state index in [9.17, 15) is 5.11 Å². The molecule has 0 saturated carbocycles. The Balaban J connectivity index is 1.97. The van der Waals surface area contributed by atoms with E-state index >= 15 is 0 Å². The summed E-state index contributed by atoms with van der Waals surface area (Å²) >= 11 is 0. The number of aliphatic hydroxyl groups is 1. The second kappa shape index (κ2) is 8.04. The molecule has 0 aliphatic rings. The molecule has 122 valence electrons. The van der Waals surface area contributed by atoms with Crippen LogP contribution in [0.25, 0.3) is 10.8 Å². The molecule has 2 rings (SSSR count). The number of fused-ring (bicyclic) bond motifs is 1. The Hall–Kier alpha value is -1.98. The van der Waals surface area contributed by atoms with Crippen LogP contribution in [0, 0.1) is 12.0 Å². The quantitative estimate of drug-likeness (QED) is 0.624. The molecule has 2 aromatic rings. The molecule has 2 nitrogen and oxygen atoms in total. The van der Waals surface area contributed by atoms with Gasteiger partial charge in [-0.15, -0.1) is 0 Å². The summed E-state index contributed by atoms with van der Waals surface area (Å²) in [4.78, 5) is 2.03. The Bertz CT molecular complexity index is 686. The van der Waals surface area contributed by atoms with E-state index in [1.54, 1.807) is 0 Å². The Morgan fingerprint density at radius 1 is 1.04 bits per heavy atom. The van der Waals surface area contributed by atoms with Crippen molar-refractivity contribution in [1.29, 1.82) is 0 Å². The van der Waals surface area contributed by atoms with E-state index in [-0.39, 0.29) is 0 Å². The van der Waals surface area contributed by atoms with Crippen LogP contribution in [0.5, 0.6) is 0 Å². The highest BCUT2D eigenvalue weighted by atomic mass is 16.3. The van der Waals surface area contributed by atoms with Gasteiger partial charge in [0.05, 0.1) is 12.1 Å². The van der Waals surface area contributed by atoms with Crippen LogP contribution in [-0.2, 0) is 6.54 Å². The van der Waals surface area contributed by atoms with Crippen molar-refractivity contribution in [2.45, 2.75) is 51.7 Å². The van der Waals surface area contributed by atoms with Gasteiger partial charge in [-0.3, -0.25) is 0 Å².